The van der Waals surface area contributed by atoms with Crippen molar-refractivity contribution >= 4 is 11.6 Å². The summed E-state index contributed by atoms with van der Waals surface area (Å²) in [4.78, 5) is 13.1. The van der Waals surface area contributed by atoms with E-state index in [9.17, 15) is 9.90 Å². The van der Waals surface area contributed by atoms with Gasteiger partial charge < -0.3 is 15.2 Å². The van der Waals surface area contributed by atoms with Gasteiger partial charge in [0, 0.05) is 0 Å². The van der Waals surface area contributed by atoms with Crippen LogP contribution < -0.4 is 10.1 Å². The van der Waals surface area contributed by atoms with E-state index in [2.05, 4.69) is 65.9 Å². The number of ether oxygens (including phenoxy) is 1. The number of carbonyl (C=O) groups is 1. The van der Waals surface area contributed by atoms with E-state index in [4.69, 9.17) is 4.74 Å². The van der Waals surface area contributed by atoms with Gasteiger partial charge in [-0.1, -0.05) is 73.1 Å². The van der Waals surface area contributed by atoms with Gasteiger partial charge in [0.05, 0.1) is 5.69 Å². The van der Waals surface area contributed by atoms with Crippen LogP contribution in [0.2, 0.25) is 0 Å². The van der Waals surface area contributed by atoms with Gasteiger partial charge in [-0.05, 0) is 65.5 Å². The topological polar surface area (TPSA) is 58.6 Å². The zero-order valence-electron chi connectivity index (χ0n) is 20.4. The van der Waals surface area contributed by atoms with Crippen molar-refractivity contribution in [1.29, 1.82) is 0 Å². The third-order valence-corrected chi connectivity index (χ3v) is 5.45. The summed E-state index contributed by atoms with van der Waals surface area (Å²) in [5, 5.41) is 13.0. The number of anilines is 1. The highest BCUT2D eigenvalue weighted by molar-refractivity contribution is 5.95. The number of phenolic OH excluding ortho intramolecular Hbond substituents is 1. The number of nitrogens with one attached hydrogen (secondary N) is 1. The molecule has 0 radical (unpaired) electrons. The molecule has 2 N–H and O–H groups in total. The first kappa shape index (κ1) is 24.8. The molecule has 2 rings (SSSR count). The van der Waals surface area contributed by atoms with Crippen LogP contribution in [0.1, 0.15) is 84.4 Å². The Morgan fingerprint density at radius 1 is 1.03 bits per heavy atom. The Kier molecular flexibility index (Phi) is 7.80. The van der Waals surface area contributed by atoms with Crippen molar-refractivity contribution in [3.63, 3.8) is 0 Å². The molecule has 170 valence electrons. The quantitative estimate of drug-likeness (QED) is 0.476. The highest BCUT2D eigenvalue weighted by Crippen LogP contribution is 2.36. The van der Waals surface area contributed by atoms with Crippen molar-refractivity contribution in [2.45, 2.75) is 91.6 Å². The van der Waals surface area contributed by atoms with E-state index in [1.54, 1.807) is 12.1 Å². The number of benzene rings is 2. The zero-order chi connectivity index (χ0) is 23.4. The van der Waals surface area contributed by atoms with Crippen molar-refractivity contribution in [2.75, 3.05) is 5.32 Å². The molecule has 4 nitrogen and oxygen atoms in total. The Morgan fingerprint density at radius 2 is 1.71 bits per heavy atom. The minimum atomic E-state index is -0.638. The molecule has 0 spiro atoms. The van der Waals surface area contributed by atoms with Crippen molar-refractivity contribution in [3.05, 3.63) is 53.1 Å². The molecule has 0 aliphatic rings. The molecule has 0 saturated heterocycles. The van der Waals surface area contributed by atoms with Crippen LogP contribution >= 0.6 is 0 Å². The van der Waals surface area contributed by atoms with Gasteiger partial charge in [0.1, 0.15) is 11.5 Å². The molecular formula is C27H39NO3. The first-order valence-electron chi connectivity index (χ1n) is 11.2. The van der Waals surface area contributed by atoms with Crippen LogP contribution in [0.4, 0.5) is 5.69 Å². The summed E-state index contributed by atoms with van der Waals surface area (Å²) >= 11 is 0. The van der Waals surface area contributed by atoms with Gasteiger partial charge in [-0.15, -0.1) is 0 Å². The molecule has 4 heteroatoms. The fourth-order valence-electron chi connectivity index (χ4n) is 3.43. The van der Waals surface area contributed by atoms with E-state index >= 15 is 0 Å². The maximum absolute atomic E-state index is 13.1. The standard InChI is InChI=1S/C27H39NO3/c1-9-10-11-24(25(30)28-21-16-18(2)12-14-22(21)29)31-23-15-13-19(26(3,4)5)17-20(23)27(6,7)8/h12-17,24,29H,9-11H2,1-8H3,(H,28,30). The van der Waals surface area contributed by atoms with Crippen molar-refractivity contribution in [3.8, 4) is 11.5 Å². The Balaban J connectivity index is 2.37. The fourth-order valence-corrected chi connectivity index (χ4v) is 3.43. The van der Waals surface area contributed by atoms with E-state index in [1.165, 1.54) is 5.56 Å². The number of rotatable bonds is 7. The van der Waals surface area contributed by atoms with Crippen LogP contribution in [0.5, 0.6) is 11.5 Å². The summed E-state index contributed by atoms with van der Waals surface area (Å²) in [7, 11) is 0. The summed E-state index contributed by atoms with van der Waals surface area (Å²) in [6.45, 7) is 17.1. The Bertz CT molecular complexity index is 904. The van der Waals surface area contributed by atoms with E-state index in [0.29, 0.717) is 12.1 Å². The predicted octanol–water partition coefficient (Wildman–Crippen LogP) is 6.87. The van der Waals surface area contributed by atoms with Gasteiger partial charge in [0.2, 0.25) is 0 Å². The number of amides is 1. The summed E-state index contributed by atoms with van der Waals surface area (Å²) in [5.41, 5.74) is 3.61. The number of aryl methyl sites for hydroxylation is 1. The molecule has 1 atom stereocenters. The van der Waals surface area contributed by atoms with Crippen molar-refractivity contribution in [2.24, 2.45) is 0 Å². The van der Waals surface area contributed by atoms with E-state index in [1.807, 2.05) is 19.1 Å². The SMILES string of the molecule is CCCCC(Oc1ccc(C(C)(C)C)cc1C(C)(C)C)C(=O)Nc1cc(C)ccc1O. The van der Waals surface area contributed by atoms with Crippen molar-refractivity contribution in [1.82, 2.24) is 0 Å². The van der Waals surface area contributed by atoms with E-state index < -0.39 is 6.10 Å². The molecule has 1 amide bonds. The lowest BCUT2D eigenvalue weighted by molar-refractivity contribution is -0.123. The Labute approximate surface area is 188 Å². The first-order chi connectivity index (χ1) is 14.3. The zero-order valence-corrected chi connectivity index (χ0v) is 20.4. The normalized spacial score (nSPS) is 13.0. The minimum Gasteiger partial charge on any atom is -0.506 e. The average Bonchev–Trinajstić information content (AvgIpc) is 2.66. The largest absolute Gasteiger partial charge is 0.506 e. The molecule has 0 aliphatic heterocycles. The molecular weight excluding hydrogens is 386 g/mol. The summed E-state index contributed by atoms with van der Waals surface area (Å²) < 4.78 is 6.35. The highest BCUT2D eigenvalue weighted by Gasteiger charge is 2.27. The second-order valence-electron chi connectivity index (χ2n) is 10.5. The van der Waals surface area contributed by atoms with E-state index in [-0.39, 0.29) is 22.5 Å². The third kappa shape index (κ3) is 6.75. The van der Waals surface area contributed by atoms with Gasteiger partial charge in [-0.2, -0.15) is 0 Å². The van der Waals surface area contributed by atoms with Gasteiger partial charge in [-0.3, -0.25) is 4.79 Å². The molecule has 0 fully saturated rings. The van der Waals surface area contributed by atoms with Gasteiger partial charge in [0.15, 0.2) is 6.10 Å². The second-order valence-corrected chi connectivity index (χ2v) is 10.5. The third-order valence-electron chi connectivity index (χ3n) is 5.45. The molecule has 2 aromatic rings. The number of unbranched alkanes of at least 4 members (excludes halogenated alkanes) is 1. The first-order valence-corrected chi connectivity index (χ1v) is 11.2. The lowest BCUT2D eigenvalue weighted by atomic mass is 9.80. The number of aromatic hydroxyl groups is 1. The molecule has 0 heterocycles. The van der Waals surface area contributed by atoms with Crippen LogP contribution in [0.25, 0.3) is 0 Å². The minimum absolute atomic E-state index is 0.0280. The summed E-state index contributed by atoms with van der Waals surface area (Å²) in [6.07, 6.45) is 1.82. The molecule has 0 aliphatic carbocycles. The number of carbonyl (C=O) groups excluding carboxylic acids is 1. The van der Waals surface area contributed by atoms with Crippen molar-refractivity contribution < 1.29 is 14.6 Å². The number of phenols is 1. The lowest BCUT2D eigenvalue weighted by Gasteiger charge is -2.29. The van der Waals surface area contributed by atoms with Crippen LogP contribution in [-0.2, 0) is 15.6 Å². The molecule has 0 bridgehead atoms. The number of hydrogen-bond donors (Lipinski definition) is 2. The molecule has 0 aromatic heterocycles. The monoisotopic (exact) mass is 425 g/mol. The van der Waals surface area contributed by atoms with Crippen LogP contribution in [0.15, 0.2) is 36.4 Å². The average molecular weight is 426 g/mol. The second kappa shape index (κ2) is 9.76. The molecule has 31 heavy (non-hydrogen) atoms. The Hall–Kier alpha value is -2.49. The summed E-state index contributed by atoms with van der Waals surface area (Å²) in [6, 6.07) is 11.5. The van der Waals surface area contributed by atoms with E-state index in [0.717, 1.165) is 29.7 Å². The maximum Gasteiger partial charge on any atom is 0.265 e. The molecule has 2 aromatic carbocycles. The maximum atomic E-state index is 13.1. The highest BCUT2D eigenvalue weighted by atomic mass is 16.5. The van der Waals surface area contributed by atoms with Gasteiger partial charge >= 0.3 is 0 Å². The molecule has 0 saturated carbocycles. The fraction of sp³-hybridized carbons (Fsp3) is 0.519. The Morgan fingerprint density at radius 3 is 2.29 bits per heavy atom. The summed E-state index contributed by atoms with van der Waals surface area (Å²) in [5.74, 6) is 0.553. The van der Waals surface area contributed by atoms with Crippen LogP contribution in [-0.4, -0.2) is 17.1 Å². The van der Waals surface area contributed by atoms with Crippen LogP contribution in [0, 0.1) is 6.92 Å². The van der Waals surface area contributed by atoms with Gasteiger partial charge in [0.25, 0.3) is 5.91 Å². The lowest BCUT2D eigenvalue weighted by Crippen LogP contribution is -2.34. The smallest absolute Gasteiger partial charge is 0.265 e. The van der Waals surface area contributed by atoms with Gasteiger partial charge in [-0.25, -0.2) is 0 Å². The number of hydrogen-bond acceptors (Lipinski definition) is 3. The van der Waals surface area contributed by atoms with Crippen LogP contribution in [0.3, 0.4) is 0 Å². The molecule has 1 unspecified atom stereocenters. The predicted molar refractivity (Wildman–Crippen MR) is 129 cm³/mol.